The molecule has 0 unspecified atom stereocenters. The molecular weight excluding hydrogens is 406 g/mol. The van der Waals surface area contributed by atoms with Crippen LogP contribution in [-0.4, -0.2) is 17.1 Å². The van der Waals surface area contributed by atoms with Crippen molar-refractivity contribution in [1.82, 2.24) is 9.97 Å². The van der Waals surface area contributed by atoms with Crippen molar-refractivity contribution < 1.29 is 4.74 Å². The van der Waals surface area contributed by atoms with Crippen LogP contribution in [0.15, 0.2) is 71.6 Å². The zero-order chi connectivity index (χ0) is 22.2. The Morgan fingerprint density at radius 1 is 0.871 bits per heavy atom. The monoisotopic (exact) mass is 433 g/mol. The van der Waals surface area contributed by atoms with Gasteiger partial charge >= 0.3 is 0 Å². The number of aryl methyl sites for hydroxylation is 1. The maximum Gasteiger partial charge on any atom is 0.180 e. The normalized spacial score (nSPS) is 10.2. The quantitative estimate of drug-likeness (QED) is 0.239. The number of nitrogens with one attached hydrogen (secondary N) is 2. The standard InChI is InChI=1S/C22H21N5OS.C2H6/c1-14-10-16(13-17(11-14)28-2)24-21-22(26-20-9-4-3-8-19(20)25-21)27-29-18-7-5-6-15(23)12-18;1-2/h3-13H,23H2,1-2H3,(H,24,25)(H,26,27);1-2H3. The zero-order valence-electron chi connectivity index (χ0n) is 18.1. The summed E-state index contributed by atoms with van der Waals surface area (Å²) in [6.07, 6.45) is 0. The second kappa shape index (κ2) is 10.5. The van der Waals surface area contributed by atoms with Crippen LogP contribution in [0.2, 0.25) is 0 Å². The molecule has 0 amide bonds. The van der Waals surface area contributed by atoms with Gasteiger partial charge in [-0.3, -0.25) is 0 Å². The highest BCUT2D eigenvalue weighted by Gasteiger charge is 2.11. The van der Waals surface area contributed by atoms with Gasteiger partial charge in [-0.05, 0) is 66.9 Å². The number of para-hydroxylation sites is 2. The van der Waals surface area contributed by atoms with Crippen LogP contribution in [0.3, 0.4) is 0 Å². The molecule has 4 aromatic rings. The van der Waals surface area contributed by atoms with E-state index in [1.165, 1.54) is 11.9 Å². The van der Waals surface area contributed by atoms with E-state index in [0.717, 1.165) is 32.9 Å². The summed E-state index contributed by atoms with van der Waals surface area (Å²) in [5.41, 5.74) is 10.2. The molecule has 0 spiro atoms. The minimum Gasteiger partial charge on any atom is -0.497 e. The fourth-order valence-electron chi connectivity index (χ4n) is 2.92. The molecule has 0 atom stereocenters. The predicted molar refractivity (Wildman–Crippen MR) is 132 cm³/mol. The number of hydrogen-bond acceptors (Lipinski definition) is 7. The summed E-state index contributed by atoms with van der Waals surface area (Å²) in [5.74, 6) is 2.05. The molecule has 4 N–H and O–H groups in total. The maximum absolute atomic E-state index is 5.88. The first-order chi connectivity index (χ1) is 15.1. The Balaban J connectivity index is 0.00000132. The summed E-state index contributed by atoms with van der Waals surface area (Å²) in [5, 5.41) is 3.37. The first-order valence-electron chi connectivity index (χ1n) is 10.1. The molecule has 31 heavy (non-hydrogen) atoms. The number of aromatic nitrogens is 2. The third kappa shape index (κ3) is 5.79. The van der Waals surface area contributed by atoms with Gasteiger partial charge in [0, 0.05) is 22.3 Å². The number of nitrogen functional groups attached to an aromatic ring is 1. The molecule has 0 bridgehead atoms. The molecule has 0 fully saturated rings. The van der Waals surface area contributed by atoms with Crippen molar-refractivity contribution in [1.29, 1.82) is 0 Å². The predicted octanol–water partition coefficient (Wildman–Crippen LogP) is 6.42. The van der Waals surface area contributed by atoms with Crippen molar-refractivity contribution in [3.05, 3.63) is 72.3 Å². The number of hydrogen-bond donors (Lipinski definition) is 3. The highest BCUT2D eigenvalue weighted by Crippen LogP contribution is 2.31. The van der Waals surface area contributed by atoms with Gasteiger partial charge < -0.3 is 20.5 Å². The van der Waals surface area contributed by atoms with Gasteiger partial charge in [0.1, 0.15) is 5.75 Å². The highest BCUT2D eigenvalue weighted by molar-refractivity contribution is 8.00. The molecule has 7 heteroatoms. The topological polar surface area (TPSA) is 85.1 Å². The molecule has 0 saturated heterocycles. The average Bonchev–Trinajstić information content (AvgIpc) is 2.78. The van der Waals surface area contributed by atoms with E-state index in [-0.39, 0.29) is 0 Å². The molecule has 1 heterocycles. The third-order valence-corrected chi connectivity index (χ3v) is 5.03. The van der Waals surface area contributed by atoms with Crippen LogP contribution in [-0.2, 0) is 0 Å². The van der Waals surface area contributed by atoms with Crippen molar-refractivity contribution in [2.24, 2.45) is 0 Å². The second-order valence-electron chi connectivity index (χ2n) is 6.55. The minimum absolute atomic E-state index is 0.632. The van der Waals surface area contributed by atoms with Crippen molar-refractivity contribution in [2.75, 3.05) is 22.9 Å². The maximum atomic E-state index is 5.88. The third-order valence-electron chi connectivity index (χ3n) is 4.24. The number of methoxy groups -OCH3 is 1. The van der Waals surface area contributed by atoms with Gasteiger partial charge in [-0.2, -0.15) is 0 Å². The van der Waals surface area contributed by atoms with E-state index in [0.29, 0.717) is 17.3 Å². The molecule has 0 radical (unpaired) electrons. The molecule has 4 rings (SSSR count). The van der Waals surface area contributed by atoms with Gasteiger partial charge in [0.25, 0.3) is 0 Å². The summed E-state index contributed by atoms with van der Waals surface area (Å²) in [6, 6.07) is 21.4. The SMILES string of the molecule is CC.COc1cc(C)cc(Nc2nc3ccccc3nc2NSc2cccc(N)c2)c1. The molecule has 3 aromatic carbocycles. The van der Waals surface area contributed by atoms with E-state index in [9.17, 15) is 0 Å². The van der Waals surface area contributed by atoms with Crippen LogP contribution in [0.1, 0.15) is 19.4 Å². The average molecular weight is 434 g/mol. The van der Waals surface area contributed by atoms with Gasteiger partial charge in [-0.1, -0.05) is 32.0 Å². The fraction of sp³-hybridized carbons (Fsp3) is 0.167. The van der Waals surface area contributed by atoms with Crippen LogP contribution in [0.5, 0.6) is 5.75 Å². The summed E-state index contributed by atoms with van der Waals surface area (Å²) in [6.45, 7) is 6.02. The van der Waals surface area contributed by atoms with E-state index in [2.05, 4.69) is 10.0 Å². The van der Waals surface area contributed by atoms with Crippen LogP contribution >= 0.6 is 11.9 Å². The van der Waals surface area contributed by atoms with Crippen molar-refractivity contribution in [3.8, 4) is 5.75 Å². The lowest BCUT2D eigenvalue weighted by molar-refractivity contribution is 0.414. The molecule has 6 nitrogen and oxygen atoms in total. The smallest absolute Gasteiger partial charge is 0.180 e. The summed E-state index contributed by atoms with van der Waals surface area (Å²) in [7, 11) is 1.66. The molecule has 1 aromatic heterocycles. The molecule has 0 aliphatic heterocycles. The van der Waals surface area contributed by atoms with E-state index >= 15 is 0 Å². The van der Waals surface area contributed by atoms with Crippen molar-refractivity contribution in [3.63, 3.8) is 0 Å². The lowest BCUT2D eigenvalue weighted by Gasteiger charge is -2.14. The molecule has 0 aliphatic carbocycles. The number of nitrogens with zero attached hydrogens (tertiary/aromatic N) is 2. The molecular formula is C24H27N5OS. The van der Waals surface area contributed by atoms with E-state index < -0.39 is 0 Å². The van der Waals surface area contributed by atoms with Gasteiger partial charge in [0.15, 0.2) is 11.6 Å². The molecule has 0 aliphatic rings. The first-order valence-corrected chi connectivity index (χ1v) is 10.9. The molecule has 160 valence electrons. The molecule has 0 saturated carbocycles. The lowest BCUT2D eigenvalue weighted by Crippen LogP contribution is -2.02. The van der Waals surface area contributed by atoms with Gasteiger partial charge in [-0.15, -0.1) is 0 Å². The Kier molecular flexibility index (Phi) is 7.56. The Morgan fingerprint density at radius 2 is 1.58 bits per heavy atom. The number of ether oxygens (including phenoxy) is 1. The number of fused-ring (bicyclic) bond motifs is 1. The van der Waals surface area contributed by atoms with Crippen LogP contribution in [0, 0.1) is 6.92 Å². The fourth-order valence-corrected chi connectivity index (χ4v) is 3.62. The van der Waals surface area contributed by atoms with Gasteiger partial charge in [0.2, 0.25) is 0 Å². The van der Waals surface area contributed by atoms with E-state index in [1.54, 1.807) is 7.11 Å². The van der Waals surface area contributed by atoms with Crippen molar-refractivity contribution in [2.45, 2.75) is 25.7 Å². The van der Waals surface area contributed by atoms with Crippen molar-refractivity contribution >= 4 is 46.0 Å². The lowest BCUT2D eigenvalue weighted by atomic mass is 10.2. The Morgan fingerprint density at radius 3 is 2.26 bits per heavy atom. The second-order valence-corrected chi connectivity index (χ2v) is 7.43. The summed E-state index contributed by atoms with van der Waals surface area (Å²) in [4.78, 5) is 10.5. The Bertz CT molecular complexity index is 1170. The highest BCUT2D eigenvalue weighted by atomic mass is 32.2. The summed E-state index contributed by atoms with van der Waals surface area (Å²) >= 11 is 1.43. The number of benzene rings is 3. The number of nitrogens with two attached hydrogens (primary N) is 1. The summed E-state index contributed by atoms with van der Waals surface area (Å²) < 4.78 is 8.69. The number of rotatable bonds is 6. The van der Waals surface area contributed by atoms with E-state index in [4.69, 9.17) is 20.4 Å². The van der Waals surface area contributed by atoms with E-state index in [1.807, 2.05) is 87.5 Å². The number of anilines is 4. The van der Waals surface area contributed by atoms with Crippen LogP contribution in [0.4, 0.5) is 23.0 Å². The van der Waals surface area contributed by atoms with Crippen LogP contribution in [0.25, 0.3) is 11.0 Å². The Labute approximate surface area is 187 Å². The Hall–Kier alpha value is -3.45. The largest absolute Gasteiger partial charge is 0.497 e. The van der Waals surface area contributed by atoms with Gasteiger partial charge in [0.05, 0.1) is 18.1 Å². The minimum atomic E-state index is 0.632. The van der Waals surface area contributed by atoms with Gasteiger partial charge in [-0.25, -0.2) is 9.97 Å². The first kappa shape index (κ1) is 22.2. The van der Waals surface area contributed by atoms with Crippen LogP contribution < -0.4 is 20.5 Å². The zero-order valence-corrected chi connectivity index (χ0v) is 19.0.